The number of aliphatic carboxylic acids is 1. The molecular weight excluding hydrogens is 460 g/mol. The Morgan fingerprint density at radius 2 is 1.85 bits per heavy atom. The molecule has 0 atom stereocenters. The summed E-state index contributed by atoms with van der Waals surface area (Å²) in [5.74, 6) is -1.30. The number of nitrogens with zero attached hydrogens (tertiary/aromatic N) is 1. The summed E-state index contributed by atoms with van der Waals surface area (Å²) in [5.41, 5.74) is 1.38. The quantitative estimate of drug-likeness (QED) is 0.364. The Hall–Kier alpha value is -4.04. The molecular formula is C25H21ClN2O6. The molecule has 9 heteroatoms. The number of imide groups is 1. The van der Waals surface area contributed by atoms with Crippen molar-refractivity contribution < 1.29 is 29.0 Å². The number of hydrogen-bond acceptors (Lipinski definition) is 5. The van der Waals surface area contributed by atoms with E-state index in [1.807, 2.05) is 49.4 Å². The Bertz CT molecular complexity index is 1320. The minimum absolute atomic E-state index is 0.0606. The van der Waals surface area contributed by atoms with Crippen molar-refractivity contribution in [1.29, 1.82) is 0 Å². The van der Waals surface area contributed by atoms with E-state index in [2.05, 4.69) is 5.32 Å². The summed E-state index contributed by atoms with van der Waals surface area (Å²) in [6.07, 6.45) is 1.41. The van der Waals surface area contributed by atoms with Crippen LogP contribution >= 0.6 is 11.6 Å². The van der Waals surface area contributed by atoms with Crippen LogP contribution in [0.2, 0.25) is 5.02 Å². The van der Waals surface area contributed by atoms with Crippen LogP contribution in [0.4, 0.5) is 4.79 Å². The molecule has 4 rings (SSSR count). The fourth-order valence-corrected chi connectivity index (χ4v) is 3.85. The van der Waals surface area contributed by atoms with Crippen LogP contribution in [0.15, 0.2) is 60.3 Å². The van der Waals surface area contributed by atoms with Gasteiger partial charge in [0.05, 0.1) is 11.6 Å². The largest absolute Gasteiger partial charge is 0.490 e. The summed E-state index contributed by atoms with van der Waals surface area (Å²) >= 11 is 6.48. The van der Waals surface area contributed by atoms with Gasteiger partial charge in [-0.05, 0) is 53.1 Å². The van der Waals surface area contributed by atoms with Gasteiger partial charge in [-0.25, -0.2) is 9.69 Å². The first-order valence-electron chi connectivity index (χ1n) is 10.5. The molecule has 8 nitrogen and oxygen atoms in total. The summed E-state index contributed by atoms with van der Waals surface area (Å²) in [6, 6.07) is 16.5. The van der Waals surface area contributed by atoms with Crippen molar-refractivity contribution in [3.63, 3.8) is 0 Å². The van der Waals surface area contributed by atoms with Crippen molar-refractivity contribution in [2.45, 2.75) is 13.5 Å². The number of benzene rings is 3. The summed E-state index contributed by atoms with van der Waals surface area (Å²) in [5, 5.41) is 13.8. The van der Waals surface area contributed by atoms with Gasteiger partial charge in [0.1, 0.15) is 18.8 Å². The zero-order valence-corrected chi connectivity index (χ0v) is 19.0. The van der Waals surface area contributed by atoms with Crippen molar-refractivity contribution in [3.8, 4) is 11.5 Å². The Morgan fingerprint density at radius 1 is 1.09 bits per heavy atom. The van der Waals surface area contributed by atoms with Crippen LogP contribution in [0.25, 0.3) is 16.8 Å². The molecule has 1 aliphatic rings. The zero-order valence-electron chi connectivity index (χ0n) is 18.2. The lowest BCUT2D eigenvalue weighted by molar-refractivity contribution is -0.140. The van der Waals surface area contributed by atoms with Crippen molar-refractivity contribution in [1.82, 2.24) is 10.2 Å². The van der Waals surface area contributed by atoms with E-state index < -0.39 is 24.5 Å². The first-order valence-corrected chi connectivity index (χ1v) is 10.9. The van der Waals surface area contributed by atoms with Crippen molar-refractivity contribution >= 4 is 46.4 Å². The first kappa shape index (κ1) is 23.1. The molecule has 174 valence electrons. The summed E-state index contributed by atoms with van der Waals surface area (Å²) < 4.78 is 11.7. The topological polar surface area (TPSA) is 105 Å². The van der Waals surface area contributed by atoms with Gasteiger partial charge in [-0.2, -0.15) is 0 Å². The lowest BCUT2D eigenvalue weighted by Gasteiger charge is -2.15. The molecule has 0 aliphatic carbocycles. The number of carboxylic acids is 1. The van der Waals surface area contributed by atoms with E-state index in [1.165, 1.54) is 6.08 Å². The SMILES string of the molecule is CCOc1cc(/C=C2/NC(=O)N(CC(=O)O)C2=O)cc(Cl)c1OCc1ccc2ccccc2c1. The number of carboxylic acid groups (broad SMARTS) is 1. The second kappa shape index (κ2) is 9.84. The highest BCUT2D eigenvalue weighted by molar-refractivity contribution is 6.32. The average Bonchev–Trinajstić information content (AvgIpc) is 3.05. The van der Waals surface area contributed by atoms with Crippen LogP contribution in [0.1, 0.15) is 18.1 Å². The highest BCUT2D eigenvalue weighted by Crippen LogP contribution is 2.38. The lowest BCUT2D eigenvalue weighted by atomic mass is 10.1. The number of halogens is 1. The number of hydrogen-bond donors (Lipinski definition) is 2. The molecule has 1 heterocycles. The van der Waals surface area contributed by atoms with Gasteiger partial charge in [-0.3, -0.25) is 9.59 Å². The Kier molecular flexibility index (Phi) is 6.70. The smallest absolute Gasteiger partial charge is 0.329 e. The maximum Gasteiger partial charge on any atom is 0.329 e. The molecule has 0 saturated carbocycles. The van der Waals surface area contributed by atoms with Crippen LogP contribution in [-0.2, 0) is 16.2 Å². The van der Waals surface area contributed by atoms with Crippen LogP contribution in [0.5, 0.6) is 11.5 Å². The molecule has 0 unspecified atom stereocenters. The standard InChI is InChI=1S/C25H21ClN2O6/c1-2-33-21-12-16(11-20-24(31)28(13-22(29)30)25(32)27-20)10-19(26)23(21)34-14-15-7-8-17-5-3-4-6-18(17)9-15/h3-12H,2,13-14H2,1H3,(H,27,32)(H,29,30)/b20-11+. The summed E-state index contributed by atoms with van der Waals surface area (Å²) in [4.78, 5) is 35.8. The van der Waals surface area contributed by atoms with Gasteiger partial charge < -0.3 is 19.9 Å². The molecule has 1 saturated heterocycles. The molecule has 2 N–H and O–H groups in total. The molecule has 1 aliphatic heterocycles. The van der Waals surface area contributed by atoms with Gasteiger partial charge >= 0.3 is 12.0 Å². The Morgan fingerprint density at radius 3 is 2.59 bits per heavy atom. The van der Waals surface area contributed by atoms with E-state index in [9.17, 15) is 14.4 Å². The normalized spacial score (nSPS) is 14.5. The average molecular weight is 481 g/mol. The maximum absolute atomic E-state index is 12.4. The predicted molar refractivity (Wildman–Crippen MR) is 127 cm³/mol. The molecule has 3 amide bonds. The minimum atomic E-state index is -1.29. The minimum Gasteiger partial charge on any atom is -0.490 e. The van der Waals surface area contributed by atoms with Gasteiger partial charge in [-0.1, -0.05) is 48.0 Å². The summed E-state index contributed by atoms with van der Waals surface area (Å²) in [7, 11) is 0. The maximum atomic E-state index is 12.4. The van der Waals surface area contributed by atoms with Gasteiger partial charge in [0.25, 0.3) is 5.91 Å². The van der Waals surface area contributed by atoms with E-state index >= 15 is 0 Å². The summed E-state index contributed by atoms with van der Waals surface area (Å²) in [6.45, 7) is 1.71. The number of carbonyl (C=O) groups is 3. The second-order valence-electron chi connectivity index (χ2n) is 7.51. The number of urea groups is 1. The van der Waals surface area contributed by atoms with Crippen molar-refractivity contribution in [2.24, 2.45) is 0 Å². The molecule has 3 aromatic carbocycles. The van der Waals surface area contributed by atoms with Gasteiger partial charge in [0.15, 0.2) is 11.5 Å². The Labute approximate surface area is 200 Å². The molecule has 0 spiro atoms. The third-order valence-electron chi connectivity index (χ3n) is 5.10. The predicted octanol–water partition coefficient (Wildman–Crippen LogP) is 4.45. The van der Waals surface area contributed by atoms with Crippen LogP contribution in [0, 0.1) is 0 Å². The van der Waals surface area contributed by atoms with Crippen molar-refractivity contribution in [3.05, 3.63) is 76.4 Å². The highest BCUT2D eigenvalue weighted by atomic mass is 35.5. The van der Waals surface area contributed by atoms with Crippen LogP contribution in [-0.4, -0.2) is 41.1 Å². The van der Waals surface area contributed by atoms with Crippen LogP contribution in [0.3, 0.4) is 0 Å². The molecule has 0 radical (unpaired) electrons. The van der Waals surface area contributed by atoms with Gasteiger partial charge in [0.2, 0.25) is 0 Å². The van der Waals surface area contributed by atoms with E-state index in [4.69, 9.17) is 26.2 Å². The monoisotopic (exact) mass is 480 g/mol. The third kappa shape index (κ3) is 4.97. The number of rotatable bonds is 8. The van der Waals surface area contributed by atoms with E-state index in [1.54, 1.807) is 12.1 Å². The fourth-order valence-electron chi connectivity index (χ4n) is 3.58. The number of ether oxygens (including phenoxy) is 2. The van der Waals surface area contributed by atoms with E-state index in [0.717, 1.165) is 16.3 Å². The molecule has 1 fully saturated rings. The second-order valence-corrected chi connectivity index (χ2v) is 7.91. The van der Waals surface area contributed by atoms with Gasteiger partial charge in [0, 0.05) is 0 Å². The number of nitrogens with one attached hydrogen (secondary N) is 1. The zero-order chi connectivity index (χ0) is 24.2. The molecule has 3 aromatic rings. The number of amides is 3. The van der Waals surface area contributed by atoms with E-state index in [0.29, 0.717) is 28.6 Å². The number of fused-ring (bicyclic) bond motifs is 1. The molecule has 34 heavy (non-hydrogen) atoms. The first-order chi connectivity index (χ1) is 16.4. The van der Waals surface area contributed by atoms with Crippen LogP contribution < -0.4 is 14.8 Å². The lowest BCUT2D eigenvalue weighted by Crippen LogP contribution is -2.35. The highest BCUT2D eigenvalue weighted by Gasteiger charge is 2.35. The van der Waals surface area contributed by atoms with Gasteiger partial charge in [-0.15, -0.1) is 0 Å². The fraction of sp³-hybridized carbons (Fsp3) is 0.160. The third-order valence-corrected chi connectivity index (χ3v) is 5.38. The number of carbonyl (C=O) groups excluding carboxylic acids is 2. The molecule has 0 aromatic heterocycles. The Balaban J connectivity index is 1.57. The van der Waals surface area contributed by atoms with Crippen molar-refractivity contribution in [2.75, 3.05) is 13.2 Å². The molecule has 0 bridgehead atoms. The van der Waals surface area contributed by atoms with E-state index in [-0.39, 0.29) is 17.3 Å².